The van der Waals surface area contributed by atoms with Gasteiger partial charge in [-0.25, -0.2) is 0 Å². The lowest BCUT2D eigenvalue weighted by molar-refractivity contribution is -0.870. The van der Waals surface area contributed by atoms with Crippen molar-refractivity contribution in [1.29, 1.82) is 0 Å². The summed E-state index contributed by atoms with van der Waals surface area (Å²) in [6.45, 7) is 3.70. The zero-order valence-corrected chi connectivity index (χ0v) is 35.8. The molecule has 3 atom stereocenters. The van der Waals surface area contributed by atoms with E-state index in [2.05, 4.69) is 17.0 Å². The average Bonchev–Trinajstić information content (AvgIpc) is 3.12. The molecule has 0 heterocycles. The summed E-state index contributed by atoms with van der Waals surface area (Å²) in [4.78, 5) is 48.8. The minimum Gasteiger partial charge on any atom is -0.756 e. The molecule has 320 valence electrons. The molecule has 0 aliphatic heterocycles. The van der Waals surface area contributed by atoms with E-state index >= 15 is 0 Å². The Hall–Kier alpha value is -1.60. The van der Waals surface area contributed by atoms with Gasteiger partial charge in [-0.15, -0.1) is 0 Å². The van der Waals surface area contributed by atoms with Crippen LogP contribution >= 0.6 is 7.82 Å². The number of quaternary nitrogens is 1. The van der Waals surface area contributed by atoms with E-state index < -0.39 is 38.5 Å². The summed E-state index contributed by atoms with van der Waals surface area (Å²) in [5, 5.41) is 3.41. The molecule has 0 saturated heterocycles. The molecule has 0 saturated carbocycles. The molecule has 0 spiro atoms. The minimum atomic E-state index is -4.64. The number of rotatable bonds is 39. The summed E-state index contributed by atoms with van der Waals surface area (Å²) >= 11 is 0. The Balaban J connectivity index is 4.35. The van der Waals surface area contributed by atoms with Crippen molar-refractivity contribution >= 4 is 25.7 Å². The Morgan fingerprint density at radius 3 is 1.69 bits per heavy atom. The number of ether oxygens (including phenoxy) is 3. The topological polar surface area (TPSA) is 176 Å². The smallest absolute Gasteiger partial charge is 0.322 e. The summed E-state index contributed by atoms with van der Waals surface area (Å²) in [6, 6.07) is -0.549. The van der Waals surface area contributed by atoms with E-state index in [4.69, 9.17) is 24.3 Å². The number of nitrogens with two attached hydrogens (primary N) is 1. The summed E-state index contributed by atoms with van der Waals surface area (Å²) in [5.74, 6) is -1.26. The van der Waals surface area contributed by atoms with Crippen LogP contribution in [-0.4, -0.2) is 102 Å². The third kappa shape index (κ3) is 36.1. The molecule has 0 amide bonds. The van der Waals surface area contributed by atoms with Gasteiger partial charge in [0, 0.05) is 12.8 Å². The van der Waals surface area contributed by atoms with Crippen LogP contribution in [0.4, 0.5) is 0 Å². The van der Waals surface area contributed by atoms with Gasteiger partial charge < -0.3 is 43.7 Å². The number of carbonyl (C=O) groups is 3. The van der Waals surface area contributed by atoms with Gasteiger partial charge in [0.2, 0.25) is 0 Å². The third-order valence-corrected chi connectivity index (χ3v) is 10.2. The van der Waals surface area contributed by atoms with Gasteiger partial charge in [0.25, 0.3) is 7.82 Å². The predicted octanol–water partition coefficient (Wildman–Crippen LogP) is 7.12. The van der Waals surface area contributed by atoms with Crippen LogP contribution in [0.15, 0.2) is 0 Å². The van der Waals surface area contributed by atoms with Crippen molar-refractivity contribution in [3.63, 3.8) is 0 Å². The molecule has 0 aromatic carbocycles. The van der Waals surface area contributed by atoms with E-state index in [0.29, 0.717) is 23.9 Å². The van der Waals surface area contributed by atoms with Crippen LogP contribution in [0, 0.1) is 0 Å². The van der Waals surface area contributed by atoms with Crippen molar-refractivity contribution in [3.05, 3.63) is 0 Å². The largest absolute Gasteiger partial charge is 0.756 e. The van der Waals surface area contributed by atoms with E-state index in [1.165, 1.54) is 71.3 Å². The summed E-state index contributed by atoms with van der Waals surface area (Å²) in [5.41, 5.74) is 5.74. The fourth-order valence-corrected chi connectivity index (χ4v) is 6.51. The molecule has 0 radical (unpaired) electrons. The molecule has 0 rings (SSSR count). The lowest BCUT2D eigenvalue weighted by atomic mass is 10.0. The second-order valence-corrected chi connectivity index (χ2v) is 17.0. The van der Waals surface area contributed by atoms with Gasteiger partial charge in [-0.3, -0.25) is 18.9 Å². The van der Waals surface area contributed by atoms with E-state index in [1.54, 1.807) is 0 Å². The highest BCUT2D eigenvalue weighted by atomic mass is 31.2. The fourth-order valence-electron chi connectivity index (χ4n) is 5.78. The Bertz CT molecular complexity index is 982. The Morgan fingerprint density at radius 1 is 0.685 bits per heavy atom. The van der Waals surface area contributed by atoms with Crippen molar-refractivity contribution in [2.75, 3.05) is 67.7 Å². The van der Waals surface area contributed by atoms with Gasteiger partial charge in [0.05, 0.1) is 34.9 Å². The molecule has 14 heteroatoms. The molecular formula is C40H80N3O10P. The van der Waals surface area contributed by atoms with Gasteiger partial charge in [-0.2, -0.15) is 0 Å². The zero-order valence-electron chi connectivity index (χ0n) is 34.9. The van der Waals surface area contributed by atoms with Crippen molar-refractivity contribution in [2.45, 2.75) is 173 Å². The number of esters is 3. The SMILES string of the molecule is CCCCCCCCCCCCCCCC(=O)OC[C@H](COP(=O)([O-])OCC[N+](C)(C)C)OC(=O)CCCCCCCCNCCCCC(N)C(=O)OC. The van der Waals surface area contributed by atoms with E-state index in [9.17, 15) is 23.8 Å². The summed E-state index contributed by atoms with van der Waals surface area (Å²) < 4.78 is 38.4. The summed E-state index contributed by atoms with van der Waals surface area (Å²) in [7, 11) is 2.45. The van der Waals surface area contributed by atoms with Crippen LogP contribution < -0.4 is 15.9 Å². The van der Waals surface area contributed by atoms with Crippen LogP contribution in [0.1, 0.15) is 161 Å². The van der Waals surface area contributed by atoms with Crippen molar-refractivity contribution in [3.8, 4) is 0 Å². The number of hydrogen-bond donors (Lipinski definition) is 2. The number of likely N-dealkylation sites (N-methyl/N-ethyl adjacent to an activating group) is 1. The first-order valence-electron chi connectivity index (χ1n) is 21.1. The normalized spacial score (nSPS) is 14.0. The molecular weight excluding hydrogens is 713 g/mol. The number of carbonyl (C=O) groups excluding carboxylic acids is 3. The molecule has 0 fully saturated rings. The summed E-state index contributed by atoms with van der Waals surface area (Å²) in [6.07, 6.45) is 23.3. The van der Waals surface area contributed by atoms with Gasteiger partial charge >= 0.3 is 17.9 Å². The van der Waals surface area contributed by atoms with E-state index in [-0.39, 0.29) is 32.0 Å². The van der Waals surface area contributed by atoms with Crippen molar-refractivity contribution in [1.82, 2.24) is 5.32 Å². The average molecular weight is 794 g/mol. The predicted molar refractivity (Wildman–Crippen MR) is 213 cm³/mol. The number of phosphoric ester groups is 1. The number of nitrogens with zero attached hydrogens (tertiary/aromatic N) is 1. The lowest BCUT2D eigenvalue weighted by Crippen LogP contribution is -2.37. The van der Waals surface area contributed by atoms with Crippen LogP contribution in [-0.2, 0) is 42.2 Å². The lowest BCUT2D eigenvalue weighted by Gasteiger charge is -2.28. The van der Waals surface area contributed by atoms with Crippen LogP contribution in [0.25, 0.3) is 0 Å². The van der Waals surface area contributed by atoms with Crippen LogP contribution in [0.3, 0.4) is 0 Å². The molecule has 2 unspecified atom stereocenters. The standard InChI is InChI=1S/C40H80N3O10P/c1-6-7-8-9-10-11-12-13-14-15-16-19-22-28-38(44)50-34-36(35-52-54(47,48)51-33-32-43(2,3)4)53-39(45)29-23-20-17-18-21-25-30-42-31-26-24-27-37(41)40(46)49-5/h36-37,42H,6-35,41H2,1-5H3/t36-,37?/m1/s1. The maximum absolute atomic E-state index is 12.6. The number of nitrogens with one attached hydrogen (secondary N) is 1. The zero-order chi connectivity index (χ0) is 40.3. The Kier molecular flexibility index (Phi) is 33.6. The first-order chi connectivity index (χ1) is 25.8. The molecule has 0 bridgehead atoms. The highest BCUT2D eigenvalue weighted by Gasteiger charge is 2.22. The van der Waals surface area contributed by atoms with Gasteiger partial charge in [-0.1, -0.05) is 116 Å². The molecule has 13 nitrogen and oxygen atoms in total. The minimum absolute atomic E-state index is 0.0469. The highest BCUT2D eigenvalue weighted by molar-refractivity contribution is 7.45. The molecule has 54 heavy (non-hydrogen) atoms. The number of phosphoric acid groups is 1. The van der Waals surface area contributed by atoms with Crippen molar-refractivity contribution < 1.29 is 51.6 Å². The van der Waals surface area contributed by atoms with Gasteiger partial charge in [0.1, 0.15) is 25.8 Å². The van der Waals surface area contributed by atoms with E-state index in [0.717, 1.165) is 77.3 Å². The van der Waals surface area contributed by atoms with Crippen molar-refractivity contribution in [2.24, 2.45) is 5.73 Å². The number of hydrogen-bond acceptors (Lipinski definition) is 12. The fraction of sp³-hybridized carbons (Fsp3) is 0.925. The van der Waals surface area contributed by atoms with E-state index in [1.807, 2.05) is 21.1 Å². The Morgan fingerprint density at radius 2 is 1.17 bits per heavy atom. The second kappa shape index (κ2) is 34.6. The molecule has 0 aliphatic rings. The maximum Gasteiger partial charge on any atom is 0.322 e. The van der Waals surface area contributed by atoms with Crippen LogP contribution in [0.2, 0.25) is 0 Å². The maximum atomic E-state index is 12.6. The first kappa shape index (κ1) is 52.4. The Labute approximate surface area is 328 Å². The monoisotopic (exact) mass is 794 g/mol. The molecule has 0 aliphatic carbocycles. The number of methoxy groups -OCH3 is 1. The quantitative estimate of drug-likeness (QED) is 0.0212. The molecule has 0 aromatic rings. The number of unbranched alkanes of at least 4 members (excludes halogenated alkanes) is 18. The van der Waals surface area contributed by atoms with Crippen LogP contribution in [0.5, 0.6) is 0 Å². The van der Waals surface area contributed by atoms with Gasteiger partial charge in [-0.05, 0) is 45.2 Å². The molecule has 0 aromatic heterocycles. The van der Waals surface area contributed by atoms with Gasteiger partial charge in [0.15, 0.2) is 6.10 Å². The highest BCUT2D eigenvalue weighted by Crippen LogP contribution is 2.38. The second-order valence-electron chi connectivity index (χ2n) is 15.6. The molecule has 3 N–H and O–H groups in total. The first-order valence-corrected chi connectivity index (χ1v) is 22.6. The third-order valence-electron chi connectivity index (χ3n) is 9.25.